The van der Waals surface area contributed by atoms with E-state index in [1.807, 2.05) is 71.6 Å². The fraction of sp³-hybridized carbons (Fsp3) is 0.262. The first-order chi connectivity index (χ1) is 25.7. The lowest BCUT2D eigenvalue weighted by atomic mass is 9.92. The minimum absolute atomic E-state index is 0.0271. The molecule has 0 radical (unpaired) electrons. The Morgan fingerprint density at radius 1 is 0.925 bits per heavy atom. The number of ether oxygens (including phenoxy) is 1. The van der Waals surface area contributed by atoms with Crippen molar-refractivity contribution in [2.24, 2.45) is 14.1 Å². The maximum Gasteiger partial charge on any atom is 0.264 e. The van der Waals surface area contributed by atoms with Crippen LogP contribution >= 0.6 is 11.6 Å². The van der Waals surface area contributed by atoms with Gasteiger partial charge in [0.2, 0.25) is 0 Å². The van der Waals surface area contributed by atoms with Gasteiger partial charge in [0.25, 0.3) is 11.8 Å². The molecule has 1 fully saturated rings. The molecule has 0 saturated carbocycles. The monoisotopic (exact) mass is 728 g/mol. The number of aromatic nitrogens is 3. The van der Waals surface area contributed by atoms with Gasteiger partial charge < -0.3 is 23.9 Å². The van der Waals surface area contributed by atoms with Crippen molar-refractivity contribution in [1.82, 2.24) is 23.9 Å². The number of phenolic OH excluding ortho intramolecular Hbond substituents is 1. The summed E-state index contributed by atoms with van der Waals surface area (Å²) in [5.74, 6) is -0.261. The van der Waals surface area contributed by atoms with Crippen molar-refractivity contribution in [2.75, 3.05) is 37.7 Å². The first-order valence-corrected chi connectivity index (χ1v) is 18.2. The number of hydrogen-bond acceptors (Lipinski definition) is 6. The number of carbonyl (C=O) groups excluding carboxylic acids is 2. The summed E-state index contributed by atoms with van der Waals surface area (Å²) >= 11 is 6.66. The normalized spacial score (nSPS) is 16.2. The molecule has 6 aromatic rings. The third kappa shape index (κ3) is 6.58. The van der Waals surface area contributed by atoms with Gasteiger partial charge in [-0.3, -0.25) is 19.4 Å². The van der Waals surface area contributed by atoms with Crippen LogP contribution in [0.4, 0.5) is 11.4 Å². The molecule has 0 bridgehead atoms. The molecule has 1 N–H and O–H groups in total. The number of carbonyl (C=O) groups is 2. The molecule has 2 aliphatic heterocycles. The first-order valence-electron chi connectivity index (χ1n) is 17.8. The van der Waals surface area contributed by atoms with E-state index in [0.717, 1.165) is 48.3 Å². The number of rotatable bonds is 7. The Morgan fingerprint density at radius 3 is 2.45 bits per heavy atom. The van der Waals surface area contributed by atoms with E-state index in [2.05, 4.69) is 28.1 Å². The molecule has 8 rings (SSSR count). The second-order valence-corrected chi connectivity index (χ2v) is 14.4. The van der Waals surface area contributed by atoms with Gasteiger partial charge in [0.05, 0.1) is 30.7 Å². The van der Waals surface area contributed by atoms with Crippen LogP contribution in [0.5, 0.6) is 5.75 Å². The van der Waals surface area contributed by atoms with E-state index in [4.69, 9.17) is 16.3 Å². The Morgan fingerprint density at radius 2 is 1.68 bits per heavy atom. The molecule has 5 heterocycles. The highest BCUT2D eigenvalue weighted by molar-refractivity contribution is 6.31. The lowest BCUT2D eigenvalue weighted by Gasteiger charge is -2.40. The van der Waals surface area contributed by atoms with Gasteiger partial charge >= 0.3 is 0 Å². The number of phenols is 1. The van der Waals surface area contributed by atoms with Crippen LogP contribution < -0.4 is 4.90 Å². The van der Waals surface area contributed by atoms with Gasteiger partial charge in [0.15, 0.2) is 0 Å². The number of pyridine rings is 1. The maximum absolute atomic E-state index is 14.8. The van der Waals surface area contributed by atoms with Gasteiger partial charge in [0, 0.05) is 91.1 Å². The summed E-state index contributed by atoms with van der Waals surface area (Å²) < 4.78 is 9.49. The molecular formula is C42H41ClN6O4. The van der Waals surface area contributed by atoms with Gasteiger partial charge in [0.1, 0.15) is 11.4 Å². The molecule has 10 nitrogen and oxygen atoms in total. The Labute approximate surface area is 313 Å². The molecule has 1 atom stereocenters. The lowest BCUT2D eigenvalue weighted by Crippen LogP contribution is -2.52. The fourth-order valence-electron chi connectivity index (χ4n) is 7.68. The molecule has 0 spiro atoms. The number of halogens is 1. The SMILES string of the molecule is Cc1c(C(=O)N(c2ccc(O)cc2)c2cnc3c(ccn3C)c2)cc(-c2cc(Cl)ccc2C(=O)N2Cc3ccccc3C[C@H]2CN2CCOCC2)n1C. The zero-order valence-corrected chi connectivity index (χ0v) is 30.8. The van der Waals surface area contributed by atoms with Crippen LogP contribution in [-0.2, 0) is 31.8 Å². The van der Waals surface area contributed by atoms with Crippen LogP contribution in [0, 0.1) is 6.92 Å². The van der Waals surface area contributed by atoms with Crippen LogP contribution in [0.2, 0.25) is 5.02 Å². The topological polar surface area (TPSA) is 96.1 Å². The number of aromatic hydroxyl groups is 1. The van der Waals surface area contributed by atoms with E-state index in [-0.39, 0.29) is 23.6 Å². The Kier molecular flexibility index (Phi) is 9.28. The number of benzene rings is 3. The second-order valence-electron chi connectivity index (χ2n) is 13.9. The number of nitrogens with zero attached hydrogens (tertiary/aromatic N) is 6. The first kappa shape index (κ1) is 34.7. The summed E-state index contributed by atoms with van der Waals surface area (Å²) in [7, 11) is 3.83. The number of anilines is 2. The van der Waals surface area contributed by atoms with Crippen LogP contribution in [-0.4, -0.2) is 79.7 Å². The molecule has 0 aliphatic carbocycles. The van der Waals surface area contributed by atoms with Crippen molar-refractivity contribution in [3.05, 3.63) is 130 Å². The smallest absolute Gasteiger partial charge is 0.264 e. The zero-order chi connectivity index (χ0) is 36.8. The number of aryl methyl sites for hydroxylation is 1. The van der Waals surface area contributed by atoms with Crippen LogP contribution in [0.3, 0.4) is 0 Å². The minimum atomic E-state index is -0.278. The third-order valence-electron chi connectivity index (χ3n) is 10.7. The van der Waals surface area contributed by atoms with E-state index in [9.17, 15) is 14.7 Å². The molecule has 53 heavy (non-hydrogen) atoms. The third-order valence-corrected chi connectivity index (χ3v) is 10.9. The van der Waals surface area contributed by atoms with Crippen molar-refractivity contribution in [3.63, 3.8) is 0 Å². The van der Waals surface area contributed by atoms with Crippen molar-refractivity contribution in [2.45, 2.75) is 25.9 Å². The summed E-state index contributed by atoms with van der Waals surface area (Å²) in [5, 5.41) is 11.5. The summed E-state index contributed by atoms with van der Waals surface area (Å²) in [6.07, 6.45) is 4.38. The molecule has 3 aromatic carbocycles. The number of amides is 2. The van der Waals surface area contributed by atoms with E-state index in [1.165, 1.54) is 5.56 Å². The Balaban J connectivity index is 1.18. The Hall–Kier alpha value is -5.42. The number of morpholine rings is 1. The molecular weight excluding hydrogens is 688 g/mol. The van der Waals surface area contributed by atoms with Crippen molar-refractivity contribution in [1.29, 1.82) is 0 Å². The molecule has 11 heteroatoms. The quantitative estimate of drug-likeness (QED) is 0.188. The fourth-order valence-corrected chi connectivity index (χ4v) is 7.86. The zero-order valence-electron chi connectivity index (χ0n) is 30.0. The van der Waals surface area contributed by atoms with Gasteiger partial charge in [-0.2, -0.15) is 0 Å². The summed E-state index contributed by atoms with van der Waals surface area (Å²) in [5.41, 5.74) is 7.42. The van der Waals surface area contributed by atoms with Crippen molar-refractivity contribution in [3.8, 4) is 17.0 Å². The second kappa shape index (κ2) is 14.2. The van der Waals surface area contributed by atoms with Crippen molar-refractivity contribution < 1.29 is 19.4 Å². The number of fused-ring (bicyclic) bond motifs is 2. The van der Waals surface area contributed by atoms with Gasteiger partial charge in [-0.25, -0.2) is 4.98 Å². The number of hydrogen-bond donors (Lipinski definition) is 1. The predicted octanol–water partition coefficient (Wildman–Crippen LogP) is 7.12. The maximum atomic E-state index is 14.8. The molecule has 2 amide bonds. The summed E-state index contributed by atoms with van der Waals surface area (Å²) in [6, 6.07) is 26.0. The van der Waals surface area contributed by atoms with Gasteiger partial charge in [-0.15, -0.1) is 0 Å². The standard InChI is InChI=1S/C42H41ClN6O4/c1-27-37(42(52)49(32-9-11-35(50)12-10-32)33-21-29-14-15-45(2)40(29)44-24-33)23-39(46(27)3)38-22-31(43)8-13-36(38)41(51)48-25-30-7-5-4-6-28(30)20-34(48)26-47-16-18-53-19-17-47/h4-15,21-24,34,50H,16-20,25-26H2,1-3H3/t34-/m0/s1. The van der Waals surface area contributed by atoms with E-state index in [1.54, 1.807) is 47.5 Å². The minimum Gasteiger partial charge on any atom is -0.508 e. The molecule has 3 aromatic heterocycles. The molecule has 2 aliphatic rings. The average molecular weight is 729 g/mol. The summed E-state index contributed by atoms with van der Waals surface area (Å²) in [6.45, 7) is 6.21. The lowest BCUT2D eigenvalue weighted by molar-refractivity contribution is 0.0193. The van der Waals surface area contributed by atoms with Gasteiger partial charge in [-0.05, 0) is 85.1 Å². The molecule has 270 valence electrons. The highest BCUT2D eigenvalue weighted by atomic mass is 35.5. The predicted molar refractivity (Wildman–Crippen MR) is 207 cm³/mol. The van der Waals surface area contributed by atoms with Gasteiger partial charge in [-0.1, -0.05) is 35.9 Å². The van der Waals surface area contributed by atoms with Crippen molar-refractivity contribution >= 4 is 45.8 Å². The highest BCUT2D eigenvalue weighted by Gasteiger charge is 2.34. The average Bonchev–Trinajstić information content (AvgIpc) is 3.69. The van der Waals surface area contributed by atoms with E-state index >= 15 is 0 Å². The molecule has 0 unspecified atom stereocenters. The van der Waals surface area contributed by atoms with Crippen LogP contribution in [0.1, 0.15) is 37.5 Å². The van der Waals surface area contributed by atoms with Crippen LogP contribution in [0.25, 0.3) is 22.3 Å². The Bertz CT molecular complexity index is 2340. The largest absolute Gasteiger partial charge is 0.508 e. The summed E-state index contributed by atoms with van der Waals surface area (Å²) in [4.78, 5) is 40.3. The highest BCUT2D eigenvalue weighted by Crippen LogP contribution is 2.36. The van der Waals surface area contributed by atoms with Crippen LogP contribution in [0.15, 0.2) is 97.3 Å². The molecule has 1 saturated heterocycles. The van der Waals surface area contributed by atoms with E-state index < -0.39 is 0 Å². The van der Waals surface area contributed by atoms with E-state index in [0.29, 0.717) is 58.5 Å².